The number of aromatic nitrogens is 3. The van der Waals surface area contributed by atoms with Crippen molar-refractivity contribution in [2.75, 3.05) is 0 Å². The molecule has 0 N–H and O–H groups in total. The van der Waals surface area contributed by atoms with E-state index in [2.05, 4.69) is 10.1 Å². The molecule has 0 atom stereocenters. The van der Waals surface area contributed by atoms with E-state index in [1.54, 1.807) is 16.1 Å². The lowest BCUT2D eigenvalue weighted by Gasteiger charge is -1.94. The first kappa shape index (κ1) is 10.1. The lowest BCUT2D eigenvalue weighted by Crippen LogP contribution is -2.13. The van der Waals surface area contributed by atoms with Gasteiger partial charge in [-0.2, -0.15) is 4.98 Å². The van der Waals surface area contributed by atoms with Crippen molar-refractivity contribution in [1.82, 2.24) is 14.7 Å². The van der Waals surface area contributed by atoms with E-state index in [9.17, 15) is 4.79 Å². The first-order valence-corrected chi connectivity index (χ1v) is 5.51. The summed E-state index contributed by atoms with van der Waals surface area (Å²) in [6.07, 6.45) is 1.72. The molecule has 0 fully saturated rings. The third-order valence-electron chi connectivity index (χ3n) is 1.93. The Bertz CT molecular complexity index is 497. The van der Waals surface area contributed by atoms with Gasteiger partial charge in [-0.25, -0.2) is 0 Å². The first-order valence-electron chi connectivity index (χ1n) is 4.63. The van der Waals surface area contributed by atoms with Crippen LogP contribution in [0.1, 0.15) is 31.5 Å². The smallest absolute Gasteiger partial charge is 0.307 e. The second kappa shape index (κ2) is 3.98. The highest BCUT2D eigenvalue weighted by atomic mass is 32.1. The Morgan fingerprint density at radius 3 is 2.93 bits per heavy atom. The Morgan fingerprint density at radius 2 is 2.40 bits per heavy atom. The van der Waals surface area contributed by atoms with Crippen molar-refractivity contribution in [3.05, 3.63) is 33.0 Å². The Hall–Kier alpha value is -1.43. The highest BCUT2D eigenvalue weighted by Crippen LogP contribution is 2.11. The molecule has 6 heteroatoms. The Balaban J connectivity index is 2.18. The Morgan fingerprint density at radius 1 is 1.60 bits per heavy atom. The lowest BCUT2D eigenvalue weighted by atomic mass is 10.2. The van der Waals surface area contributed by atoms with Crippen LogP contribution in [0.5, 0.6) is 0 Å². The van der Waals surface area contributed by atoms with Gasteiger partial charge in [-0.1, -0.05) is 30.3 Å². The minimum absolute atomic E-state index is 0.00843. The van der Waals surface area contributed by atoms with E-state index in [0.29, 0.717) is 18.3 Å². The van der Waals surface area contributed by atoms with E-state index in [1.807, 2.05) is 13.8 Å². The number of thiazole rings is 1. The van der Waals surface area contributed by atoms with Gasteiger partial charge in [-0.3, -0.25) is 9.36 Å². The quantitative estimate of drug-likeness (QED) is 0.793. The highest BCUT2D eigenvalue weighted by Gasteiger charge is 2.10. The van der Waals surface area contributed by atoms with Crippen molar-refractivity contribution in [1.29, 1.82) is 0 Å². The molecule has 0 saturated heterocycles. The van der Waals surface area contributed by atoms with Crippen molar-refractivity contribution in [3.63, 3.8) is 0 Å². The normalized spacial score (nSPS) is 11.1. The van der Waals surface area contributed by atoms with E-state index >= 15 is 0 Å². The van der Waals surface area contributed by atoms with Gasteiger partial charge in [0.25, 0.3) is 0 Å². The Kier molecular flexibility index (Phi) is 2.68. The van der Waals surface area contributed by atoms with Gasteiger partial charge in [-0.05, 0) is 0 Å². The molecular weight excluding hydrogens is 214 g/mol. The van der Waals surface area contributed by atoms with Crippen LogP contribution in [0.3, 0.4) is 0 Å². The second-order valence-corrected chi connectivity index (χ2v) is 4.36. The van der Waals surface area contributed by atoms with Crippen LogP contribution in [0.25, 0.3) is 0 Å². The summed E-state index contributed by atoms with van der Waals surface area (Å²) in [5.74, 6) is 1.36. The van der Waals surface area contributed by atoms with E-state index in [-0.39, 0.29) is 10.8 Å². The molecule has 2 heterocycles. The summed E-state index contributed by atoms with van der Waals surface area (Å²) in [5, 5.41) is 5.55. The van der Waals surface area contributed by atoms with Crippen LogP contribution < -0.4 is 4.87 Å². The number of hydrogen-bond acceptors (Lipinski definition) is 5. The van der Waals surface area contributed by atoms with Crippen LogP contribution in [-0.2, 0) is 6.54 Å². The molecule has 0 spiro atoms. The summed E-state index contributed by atoms with van der Waals surface area (Å²) in [7, 11) is 0. The molecule has 0 aliphatic heterocycles. The number of hydrogen-bond donors (Lipinski definition) is 0. The van der Waals surface area contributed by atoms with Gasteiger partial charge in [0.2, 0.25) is 5.89 Å². The summed E-state index contributed by atoms with van der Waals surface area (Å²) in [6.45, 7) is 4.33. The van der Waals surface area contributed by atoms with Gasteiger partial charge in [0.15, 0.2) is 5.82 Å². The highest BCUT2D eigenvalue weighted by molar-refractivity contribution is 7.07. The topological polar surface area (TPSA) is 60.9 Å². The van der Waals surface area contributed by atoms with Crippen LogP contribution in [0, 0.1) is 0 Å². The zero-order chi connectivity index (χ0) is 10.8. The van der Waals surface area contributed by atoms with Gasteiger partial charge < -0.3 is 4.52 Å². The van der Waals surface area contributed by atoms with Crippen LogP contribution >= 0.6 is 11.3 Å². The molecule has 0 radical (unpaired) electrons. The predicted octanol–water partition coefficient (Wildman–Crippen LogP) is 1.46. The fourth-order valence-corrected chi connectivity index (χ4v) is 1.71. The maximum absolute atomic E-state index is 11.3. The minimum Gasteiger partial charge on any atom is -0.339 e. The average molecular weight is 225 g/mol. The average Bonchev–Trinajstić information content (AvgIpc) is 2.77. The molecule has 0 aromatic carbocycles. The van der Waals surface area contributed by atoms with Crippen LogP contribution in [-0.4, -0.2) is 14.7 Å². The zero-order valence-electron chi connectivity index (χ0n) is 8.51. The van der Waals surface area contributed by atoms with Crippen LogP contribution in [0.15, 0.2) is 20.9 Å². The molecule has 0 aliphatic rings. The first-order chi connectivity index (χ1) is 7.16. The maximum Gasteiger partial charge on any atom is 0.307 e. The summed E-state index contributed by atoms with van der Waals surface area (Å²) < 4.78 is 6.60. The molecule has 5 nitrogen and oxygen atoms in total. The summed E-state index contributed by atoms with van der Waals surface area (Å²) in [6, 6.07) is 0. The van der Waals surface area contributed by atoms with Gasteiger partial charge in [0, 0.05) is 17.5 Å². The van der Waals surface area contributed by atoms with Crippen molar-refractivity contribution in [2.45, 2.75) is 26.3 Å². The molecule has 15 heavy (non-hydrogen) atoms. The van der Waals surface area contributed by atoms with Gasteiger partial charge >= 0.3 is 4.87 Å². The minimum atomic E-state index is -0.00843. The third-order valence-corrected chi connectivity index (χ3v) is 2.63. The summed E-state index contributed by atoms with van der Waals surface area (Å²) in [5.41, 5.74) is 0. The van der Waals surface area contributed by atoms with E-state index < -0.39 is 0 Å². The Labute approximate surface area is 90.4 Å². The number of rotatable bonds is 3. The summed E-state index contributed by atoms with van der Waals surface area (Å²) in [4.78, 5) is 15.4. The molecule has 0 amide bonds. The monoisotopic (exact) mass is 225 g/mol. The standard InChI is InChI=1S/C9H11N3O2S/c1-6(2)8-10-7(11-14-8)5-12-3-4-15-9(12)13/h3-4,6H,5H2,1-2H3. The molecule has 0 aliphatic carbocycles. The molecule has 2 aromatic rings. The SMILES string of the molecule is CC(C)c1nc(Cn2ccsc2=O)no1. The molecule has 80 valence electrons. The van der Waals surface area contributed by atoms with Crippen molar-refractivity contribution < 1.29 is 4.52 Å². The van der Waals surface area contributed by atoms with Crippen molar-refractivity contribution >= 4 is 11.3 Å². The fraction of sp³-hybridized carbons (Fsp3) is 0.444. The second-order valence-electron chi connectivity index (χ2n) is 3.50. The van der Waals surface area contributed by atoms with Gasteiger partial charge in [0.05, 0.1) is 6.54 Å². The van der Waals surface area contributed by atoms with Gasteiger partial charge in [0.1, 0.15) is 0 Å². The molecule has 2 rings (SSSR count). The zero-order valence-corrected chi connectivity index (χ0v) is 9.32. The molecular formula is C9H11N3O2S. The maximum atomic E-state index is 11.3. The largest absolute Gasteiger partial charge is 0.339 e. The third kappa shape index (κ3) is 2.15. The molecule has 0 unspecified atom stereocenters. The van der Waals surface area contributed by atoms with E-state index in [1.165, 1.54) is 0 Å². The number of nitrogens with zero attached hydrogens (tertiary/aromatic N) is 3. The summed E-state index contributed by atoms with van der Waals surface area (Å²) >= 11 is 1.16. The molecule has 2 aromatic heterocycles. The van der Waals surface area contributed by atoms with Crippen molar-refractivity contribution in [2.24, 2.45) is 0 Å². The van der Waals surface area contributed by atoms with Crippen LogP contribution in [0.2, 0.25) is 0 Å². The van der Waals surface area contributed by atoms with E-state index in [4.69, 9.17) is 4.52 Å². The van der Waals surface area contributed by atoms with E-state index in [0.717, 1.165) is 11.3 Å². The van der Waals surface area contributed by atoms with Crippen LogP contribution in [0.4, 0.5) is 0 Å². The molecule has 0 bridgehead atoms. The molecule has 0 saturated carbocycles. The lowest BCUT2D eigenvalue weighted by molar-refractivity contribution is 0.360. The van der Waals surface area contributed by atoms with Crippen molar-refractivity contribution in [3.8, 4) is 0 Å². The fourth-order valence-electron chi connectivity index (χ4n) is 1.13. The predicted molar refractivity (Wildman–Crippen MR) is 56.1 cm³/mol. The van der Waals surface area contributed by atoms with Gasteiger partial charge in [-0.15, -0.1) is 0 Å².